The molecule has 0 fully saturated rings. The fourth-order valence-electron chi connectivity index (χ4n) is 1.29. The number of aromatic nitrogens is 1. The minimum absolute atomic E-state index is 0.0925. The molecule has 0 aliphatic heterocycles. The van der Waals surface area contributed by atoms with Gasteiger partial charge in [0, 0.05) is 11.1 Å². The number of hydrogen-bond acceptors (Lipinski definition) is 4. The number of nitrogens with one attached hydrogen (secondary N) is 1. The first-order valence-corrected chi connectivity index (χ1v) is 5.73. The maximum atomic E-state index is 13.4. The number of aryl methyl sites for hydroxylation is 1. The zero-order chi connectivity index (χ0) is 12.4. The molecule has 0 aliphatic rings. The Kier molecular flexibility index (Phi) is 3.06. The van der Waals surface area contributed by atoms with E-state index in [9.17, 15) is 9.18 Å². The van der Waals surface area contributed by atoms with E-state index in [2.05, 4.69) is 10.3 Å². The van der Waals surface area contributed by atoms with E-state index in [1.807, 2.05) is 0 Å². The molecule has 0 aliphatic carbocycles. The van der Waals surface area contributed by atoms with E-state index in [1.54, 1.807) is 12.3 Å². The van der Waals surface area contributed by atoms with Gasteiger partial charge in [-0.1, -0.05) is 0 Å². The molecule has 0 unspecified atom stereocenters. The van der Waals surface area contributed by atoms with Crippen molar-refractivity contribution in [2.75, 3.05) is 11.1 Å². The van der Waals surface area contributed by atoms with Gasteiger partial charge in [0.05, 0.1) is 10.7 Å². The average Bonchev–Trinajstić information content (AvgIpc) is 2.69. The van der Waals surface area contributed by atoms with E-state index in [-0.39, 0.29) is 11.4 Å². The number of nitrogens with two attached hydrogens (primary N) is 1. The summed E-state index contributed by atoms with van der Waals surface area (Å²) in [6, 6.07) is 4.09. The maximum Gasteiger partial charge on any atom is 0.275 e. The molecule has 17 heavy (non-hydrogen) atoms. The highest BCUT2D eigenvalue weighted by atomic mass is 32.1. The van der Waals surface area contributed by atoms with Gasteiger partial charge in [0.1, 0.15) is 11.5 Å². The lowest BCUT2D eigenvalue weighted by molar-refractivity contribution is 0.102. The van der Waals surface area contributed by atoms with Crippen LogP contribution in [0.15, 0.2) is 23.6 Å². The third-order valence-electron chi connectivity index (χ3n) is 2.09. The first kappa shape index (κ1) is 11.5. The molecule has 2 aromatic rings. The van der Waals surface area contributed by atoms with Crippen LogP contribution in [-0.4, -0.2) is 10.9 Å². The third-order valence-corrected chi connectivity index (χ3v) is 2.87. The number of amides is 1. The van der Waals surface area contributed by atoms with Gasteiger partial charge in [0.15, 0.2) is 0 Å². The van der Waals surface area contributed by atoms with E-state index in [1.165, 1.54) is 23.5 Å². The van der Waals surface area contributed by atoms with Crippen LogP contribution in [0.2, 0.25) is 0 Å². The average molecular weight is 251 g/mol. The zero-order valence-electron chi connectivity index (χ0n) is 9.03. The number of nitrogens with zero attached hydrogens (tertiary/aromatic N) is 1. The zero-order valence-corrected chi connectivity index (χ0v) is 9.84. The quantitative estimate of drug-likeness (QED) is 0.805. The molecule has 0 saturated carbocycles. The number of benzene rings is 1. The summed E-state index contributed by atoms with van der Waals surface area (Å²) in [5.74, 6) is -0.997. The van der Waals surface area contributed by atoms with Crippen molar-refractivity contribution >= 4 is 28.6 Å². The van der Waals surface area contributed by atoms with Gasteiger partial charge in [-0.25, -0.2) is 9.37 Å². The maximum absolute atomic E-state index is 13.4. The number of carbonyl (C=O) groups is 1. The summed E-state index contributed by atoms with van der Waals surface area (Å²) in [7, 11) is 0. The molecule has 0 atom stereocenters. The number of thiazole rings is 1. The minimum Gasteiger partial charge on any atom is -0.399 e. The first-order valence-electron chi connectivity index (χ1n) is 4.85. The molecule has 0 saturated heterocycles. The molecule has 0 radical (unpaired) electrons. The highest BCUT2D eigenvalue weighted by Gasteiger charge is 2.11. The largest absolute Gasteiger partial charge is 0.399 e. The second kappa shape index (κ2) is 4.50. The standard InChI is InChI=1S/C11H10FN3OS/c1-6-14-10(5-17-6)11(16)15-9-3-2-7(13)4-8(9)12/h2-5H,13H2,1H3,(H,15,16). The van der Waals surface area contributed by atoms with Crippen LogP contribution in [0, 0.1) is 12.7 Å². The van der Waals surface area contributed by atoms with Crippen molar-refractivity contribution in [3.05, 3.63) is 40.1 Å². The van der Waals surface area contributed by atoms with Crippen LogP contribution in [0.5, 0.6) is 0 Å². The van der Waals surface area contributed by atoms with Crippen molar-refractivity contribution in [3.63, 3.8) is 0 Å². The molecule has 6 heteroatoms. The molecule has 1 heterocycles. The number of rotatable bonds is 2. The van der Waals surface area contributed by atoms with Gasteiger partial charge < -0.3 is 11.1 Å². The van der Waals surface area contributed by atoms with E-state index in [0.717, 1.165) is 11.1 Å². The highest BCUT2D eigenvalue weighted by molar-refractivity contribution is 7.09. The van der Waals surface area contributed by atoms with E-state index in [0.29, 0.717) is 5.69 Å². The van der Waals surface area contributed by atoms with Gasteiger partial charge in [-0.2, -0.15) is 0 Å². The van der Waals surface area contributed by atoms with Crippen LogP contribution in [0.4, 0.5) is 15.8 Å². The lowest BCUT2D eigenvalue weighted by Crippen LogP contribution is -2.13. The predicted molar refractivity (Wildman–Crippen MR) is 65.6 cm³/mol. The minimum atomic E-state index is -0.565. The number of carbonyl (C=O) groups excluding carboxylic acids is 1. The second-order valence-corrected chi connectivity index (χ2v) is 4.51. The van der Waals surface area contributed by atoms with Gasteiger partial charge >= 0.3 is 0 Å². The molecule has 4 nitrogen and oxygen atoms in total. The summed E-state index contributed by atoms with van der Waals surface area (Å²) in [6.45, 7) is 1.80. The Bertz CT molecular complexity index is 568. The SMILES string of the molecule is Cc1nc(C(=O)Nc2ccc(N)cc2F)cs1. The first-order chi connectivity index (χ1) is 8.06. The van der Waals surface area contributed by atoms with Crippen LogP contribution < -0.4 is 11.1 Å². The monoisotopic (exact) mass is 251 g/mol. The summed E-state index contributed by atoms with van der Waals surface area (Å²) in [5.41, 5.74) is 6.09. The molecule has 88 valence electrons. The Morgan fingerprint density at radius 3 is 2.88 bits per heavy atom. The summed E-state index contributed by atoms with van der Waals surface area (Å²) in [5, 5.41) is 4.85. The predicted octanol–water partition coefficient (Wildman–Crippen LogP) is 2.43. The summed E-state index contributed by atoms with van der Waals surface area (Å²) in [4.78, 5) is 15.7. The molecule has 2 rings (SSSR count). The normalized spacial score (nSPS) is 10.2. The third kappa shape index (κ3) is 2.59. The highest BCUT2D eigenvalue weighted by Crippen LogP contribution is 2.18. The van der Waals surface area contributed by atoms with Crippen molar-refractivity contribution in [2.24, 2.45) is 0 Å². The number of nitrogen functional groups attached to an aromatic ring is 1. The molecule has 0 bridgehead atoms. The summed E-state index contributed by atoms with van der Waals surface area (Å²) < 4.78 is 13.4. The number of hydrogen-bond donors (Lipinski definition) is 2. The molecule has 1 amide bonds. The van der Waals surface area contributed by atoms with Crippen LogP contribution in [0.1, 0.15) is 15.5 Å². The Morgan fingerprint density at radius 2 is 2.29 bits per heavy atom. The topological polar surface area (TPSA) is 68.0 Å². The molecule has 3 N–H and O–H groups in total. The van der Waals surface area contributed by atoms with Crippen LogP contribution in [0.3, 0.4) is 0 Å². The molecule has 0 spiro atoms. The number of anilines is 2. The second-order valence-electron chi connectivity index (χ2n) is 3.45. The van der Waals surface area contributed by atoms with Crippen LogP contribution in [0.25, 0.3) is 0 Å². The van der Waals surface area contributed by atoms with Crippen LogP contribution >= 0.6 is 11.3 Å². The van der Waals surface area contributed by atoms with Crippen molar-refractivity contribution in [2.45, 2.75) is 6.92 Å². The lowest BCUT2D eigenvalue weighted by atomic mass is 10.2. The van der Waals surface area contributed by atoms with Crippen LogP contribution in [-0.2, 0) is 0 Å². The Balaban J connectivity index is 2.18. The Morgan fingerprint density at radius 1 is 1.53 bits per heavy atom. The smallest absolute Gasteiger partial charge is 0.275 e. The van der Waals surface area contributed by atoms with Gasteiger partial charge in [-0.3, -0.25) is 4.79 Å². The van der Waals surface area contributed by atoms with Gasteiger partial charge in [-0.15, -0.1) is 11.3 Å². The summed E-state index contributed by atoms with van der Waals surface area (Å²) in [6.07, 6.45) is 0. The van der Waals surface area contributed by atoms with Gasteiger partial charge in [0.2, 0.25) is 0 Å². The van der Waals surface area contributed by atoms with Crippen molar-refractivity contribution in [1.29, 1.82) is 0 Å². The van der Waals surface area contributed by atoms with Crippen molar-refractivity contribution in [1.82, 2.24) is 4.98 Å². The molecular formula is C11H10FN3OS. The van der Waals surface area contributed by atoms with E-state index in [4.69, 9.17) is 5.73 Å². The Hall–Kier alpha value is -1.95. The van der Waals surface area contributed by atoms with Crippen molar-refractivity contribution in [3.8, 4) is 0 Å². The van der Waals surface area contributed by atoms with Gasteiger partial charge in [0.25, 0.3) is 5.91 Å². The van der Waals surface area contributed by atoms with E-state index >= 15 is 0 Å². The van der Waals surface area contributed by atoms with Crippen molar-refractivity contribution < 1.29 is 9.18 Å². The molecule has 1 aromatic carbocycles. The number of halogens is 1. The van der Waals surface area contributed by atoms with E-state index < -0.39 is 11.7 Å². The molecular weight excluding hydrogens is 241 g/mol. The van der Waals surface area contributed by atoms with Gasteiger partial charge in [-0.05, 0) is 25.1 Å². The summed E-state index contributed by atoms with van der Waals surface area (Å²) >= 11 is 1.36. The molecule has 1 aromatic heterocycles. The fraction of sp³-hybridized carbons (Fsp3) is 0.0909. The fourth-order valence-corrected chi connectivity index (χ4v) is 1.88. The Labute approximate surface area is 101 Å². The lowest BCUT2D eigenvalue weighted by Gasteiger charge is -2.05.